The molecule has 0 saturated carbocycles. The number of ether oxygens (including phenoxy) is 1. The minimum Gasteiger partial charge on any atom is -0.386 e. The molecule has 4 aromatic carbocycles. The molecule has 0 amide bonds. The third kappa shape index (κ3) is 5.14. The Balaban J connectivity index is 1.69. The van der Waals surface area contributed by atoms with Crippen molar-refractivity contribution in [2.75, 3.05) is 0 Å². The van der Waals surface area contributed by atoms with Crippen molar-refractivity contribution in [1.29, 1.82) is 0 Å². The summed E-state index contributed by atoms with van der Waals surface area (Å²) in [5, 5.41) is 3.57. The molecule has 168 valence electrons. The van der Waals surface area contributed by atoms with E-state index in [0.29, 0.717) is 11.1 Å². The van der Waals surface area contributed by atoms with Crippen LogP contribution in [0.5, 0.6) is 0 Å². The minimum absolute atomic E-state index is 0.444. The lowest BCUT2D eigenvalue weighted by Gasteiger charge is -2.12. The van der Waals surface area contributed by atoms with E-state index in [1.54, 1.807) is 0 Å². The van der Waals surface area contributed by atoms with Gasteiger partial charge in [-0.05, 0) is 70.5 Å². The number of hydrogen-bond donors (Lipinski definition) is 0. The molecule has 0 aliphatic carbocycles. The Hall–Kier alpha value is -3.46. The van der Waals surface area contributed by atoms with Crippen LogP contribution in [0.2, 0.25) is 0 Å². The highest BCUT2D eigenvalue weighted by Crippen LogP contribution is 2.26. The fourth-order valence-electron chi connectivity index (χ4n) is 4.33. The van der Waals surface area contributed by atoms with Gasteiger partial charge in [0.05, 0.1) is 11.1 Å². The first-order valence-corrected chi connectivity index (χ1v) is 11.9. The molecule has 0 aliphatic rings. The maximum Gasteiger partial charge on any atom is 0.346 e. The van der Waals surface area contributed by atoms with Gasteiger partial charge in [0.1, 0.15) is 0 Å². The average molecular weight is 439 g/mol. The smallest absolute Gasteiger partial charge is 0.346 e. The summed E-state index contributed by atoms with van der Waals surface area (Å²) in [6.07, 6.45) is 6.02. The van der Waals surface area contributed by atoms with Crippen molar-refractivity contribution < 1.29 is 14.3 Å². The van der Waals surface area contributed by atoms with E-state index < -0.39 is 11.9 Å². The number of hydrogen-bond acceptors (Lipinski definition) is 3. The molecule has 0 atom stereocenters. The Labute approximate surface area is 195 Å². The summed E-state index contributed by atoms with van der Waals surface area (Å²) in [7, 11) is 0. The van der Waals surface area contributed by atoms with Crippen molar-refractivity contribution in [3.05, 3.63) is 95.1 Å². The number of aryl methyl sites for hydroxylation is 2. The number of esters is 2. The Morgan fingerprint density at radius 1 is 0.636 bits per heavy atom. The van der Waals surface area contributed by atoms with E-state index in [1.807, 2.05) is 60.7 Å². The zero-order chi connectivity index (χ0) is 23.2. The van der Waals surface area contributed by atoms with Gasteiger partial charge >= 0.3 is 11.9 Å². The normalized spacial score (nSPS) is 11.1. The Morgan fingerprint density at radius 3 is 1.48 bits per heavy atom. The van der Waals surface area contributed by atoms with Crippen LogP contribution in [0.4, 0.5) is 0 Å². The van der Waals surface area contributed by atoms with Gasteiger partial charge in [0.15, 0.2) is 0 Å². The second kappa shape index (κ2) is 10.4. The first kappa shape index (κ1) is 22.7. The van der Waals surface area contributed by atoms with Gasteiger partial charge in [-0.15, -0.1) is 0 Å². The number of unbranched alkanes of at least 4 members (excludes halogenated alkanes) is 2. The number of rotatable bonds is 8. The summed E-state index contributed by atoms with van der Waals surface area (Å²) in [6, 6.07) is 23.5. The zero-order valence-corrected chi connectivity index (χ0v) is 19.4. The number of benzene rings is 4. The highest BCUT2D eigenvalue weighted by molar-refractivity contribution is 6.13. The monoisotopic (exact) mass is 438 g/mol. The van der Waals surface area contributed by atoms with Crippen molar-refractivity contribution in [2.45, 2.75) is 52.4 Å². The van der Waals surface area contributed by atoms with Crippen molar-refractivity contribution in [2.24, 2.45) is 0 Å². The van der Waals surface area contributed by atoms with Crippen LogP contribution in [0, 0.1) is 0 Å². The van der Waals surface area contributed by atoms with E-state index in [-0.39, 0.29) is 0 Å². The van der Waals surface area contributed by atoms with Crippen LogP contribution in [0.3, 0.4) is 0 Å². The number of carbonyl (C=O) groups excluding carboxylic acids is 2. The lowest BCUT2D eigenvalue weighted by Crippen LogP contribution is -2.14. The molecule has 0 aliphatic heterocycles. The summed E-state index contributed by atoms with van der Waals surface area (Å²) >= 11 is 0. The first-order valence-electron chi connectivity index (χ1n) is 11.9. The number of carbonyl (C=O) groups is 2. The molecule has 0 fully saturated rings. The second-order valence-electron chi connectivity index (χ2n) is 8.61. The largest absolute Gasteiger partial charge is 0.386 e. The van der Waals surface area contributed by atoms with Crippen LogP contribution in [0.25, 0.3) is 21.5 Å². The Bertz CT molecular complexity index is 1200. The van der Waals surface area contributed by atoms with Crippen LogP contribution in [0.15, 0.2) is 72.8 Å². The molecule has 0 spiro atoms. The molecule has 0 N–H and O–H groups in total. The maximum atomic E-state index is 13.2. The van der Waals surface area contributed by atoms with Crippen LogP contribution in [-0.2, 0) is 17.6 Å². The third-order valence-electron chi connectivity index (χ3n) is 6.11. The molecule has 0 unspecified atom stereocenters. The molecule has 0 bridgehead atoms. The van der Waals surface area contributed by atoms with Crippen molar-refractivity contribution in [1.82, 2.24) is 0 Å². The van der Waals surface area contributed by atoms with E-state index >= 15 is 0 Å². The third-order valence-corrected chi connectivity index (χ3v) is 6.11. The van der Waals surface area contributed by atoms with Crippen molar-refractivity contribution in [3.63, 3.8) is 0 Å². The SMILES string of the molecule is CCCCc1cc(C(=O)OC(=O)c2cc(CCCC)cc3ccccc23)c2ccccc2c1. The van der Waals surface area contributed by atoms with E-state index in [0.717, 1.165) is 71.2 Å². The molecule has 0 radical (unpaired) electrons. The molecule has 33 heavy (non-hydrogen) atoms. The predicted molar refractivity (Wildman–Crippen MR) is 135 cm³/mol. The second-order valence-corrected chi connectivity index (χ2v) is 8.61. The van der Waals surface area contributed by atoms with Gasteiger partial charge in [-0.25, -0.2) is 9.59 Å². The van der Waals surface area contributed by atoms with Crippen LogP contribution < -0.4 is 0 Å². The minimum atomic E-state index is -0.599. The van der Waals surface area contributed by atoms with Crippen LogP contribution >= 0.6 is 0 Å². The zero-order valence-electron chi connectivity index (χ0n) is 19.4. The molecular weight excluding hydrogens is 408 g/mol. The quantitative estimate of drug-likeness (QED) is 0.209. The van der Waals surface area contributed by atoms with Gasteiger partial charge in [0.25, 0.3) is 0 Å². The van der Waals surface area contributed by atoms with Gasteiger partial charge in [-0.2, -0.15) is 0 Å². The van der Waals surface area contributed by atoms with Crippen molar-refractivity contribution in [3.8, 4) is 0 Å². The molecule has 0 heterocycles. The van der Waals surface area contributed by atoms with Crippen LogP contribution in [-0.4, -0.2) is 11.9 Å². The summed E-state index contributed by atoms with van der Waals surface area (Å²) in [5.41, 5.74) is 3.06. The van der Waals surface area contributed by atoms with E-state index in [1.165, 1.54) is 0 Å². The van der Waals surface area contributed by atoms with Gasteiger partial charge < -0.3 is 4.74 Å². The van der Waals surface area contributed by atoms with Crippen LogP contribution in [0.1, 0.15) is 71.4 Å². The summed E-state index contributed by atoms with van der Waals surface area (Å²) in [4.78, 5) is 26.4. The molecular formula is C30H30O3. The Morgan fingerprint density at radius 2 is 1.06 bits per heavy atom. The van der Waals surface area contributed by atoms with Gasteiger partial charge in [0.2, 0.25) is 0 Å². The highest BCUT2D eigenvalue weighted by Gasteiger charge is 2.20. The predicted octanol–water partition coefficient (Wildman–Crippen LogP) is 7.68. The summed E-state index contributed by atoms with van der Waals surface area (Å²) in [6.45, 7) is 4.29. The molecule has 4 rings (SSSR count). The molecule has 3 nitrogen and oxygen atoms in total. The summed E-state index contributed by atoms with van der Waals surface area (Å²) in [5.74, 6) is -1.20. The molecule has 3 heteroatoms. The standard InChI is InChI=1S/C30H30O3/c1-3-5-11-21-17-23-13-7-9-15-25(23)27(19-21)29(31)33-30(32)28-20-22(12-6-4-2)18-24-14-8-10-16-26(24)28/h7-10,13-20H,3-6,11-12H2,1-2H3. The van der Waals surface area contributed by atoms with Gasteiger partial charge in [-0.1, -0.05) is 87.4 Å². The highest BCUT2D eigenvalue weighted by atomic mass is 16.6. The Kier molecular flexibility index (Phi) is 7.19. The van der Waals surface area contributed by atoms with E-state index in [9.17, 15) is 9.59 Å². The fourth-order valence-corrected chi connectivity index (χ4v) is 4.33. The maximum absolute atomic E-state index is 13.2. The van der Waals surface area contributed by atoms with Gasteiger partial charge in [0, 0.05) is 0 Å². The molecule has 4 aromatic rings. The van der Waals surface area contributed by atoms with Gasteiger partial charge in [-0.3, -0.25) is 0 Å². The van der Waals surface area contributed by atoms with E-state index in [4.69, 9.17) is 4.74 Å². The lowest BCUT2D eigenvalue weighted by molar-refractivity contribution is 0.0400. The summed E-state index contributed by atoms with van der Waals surface area (Å²) < 4.78 is 5.48. The molecule has 0 saturated heterocycles. The fraction of sp³-hybridized carbons (Fsp3) is 0.267. The topological polar surface area (TPSA) is 43.4 Å². The van der Waals surface area contributed by atoms with Crippen molar-refractivity contribution >= 4 is 33.5 Å². The first-order chi connectivity index (χ1) is 16.1. The van der Waals surface area contributed by atoms with E-state index in [2.05, 4.69) is 26.0 Å². The lowest BCUT2D eigenvalue weighted by atomic mass is 9.97. The average Bonchev–Trinajstić information content (AvgIpc) is 2.85. The molecule has 0 aromatic heterocycles. The number of fused-ring (bicyclic) bond motifs is 2.